The van der Waals surface area contributed by atoms with Crippen molar-refractivity contribution < 1.29 is 9.47 Å². The molecule has 1 unspecified atom stereocenters. The van der Waals surface area contributed by atoms with E-state index in [1.54, 1.807) is 0 Å². The van der Waals surface area contributed by atoms with Gasteiger partial charge in [0.15, 0.2) is 0 Å². The summed E-state index contributed by atoms with van der Waals surface area (Å²) in [5.41, 5.74) is 0. The third-order valence-corrected chi connectivity index (χ3v) is 1.70. The molecule has 1 aliphatic heterocycles. The quantitative estimate of drug-likeness (QED) is 0.573. The van der Waals surface area contributed by atoms with Crippen molar-refractivity contribution in [2.45, 2.75) is 25.4 Å². The summed E-state index contributed by atoms with van der Waals surface area (Å²) < 4.78 is 10.6. The molecule has 3 heteroatoms. The molecule has 1 rings (SSSR count). The van der Waals surface area contributed by atoms with Gasteiger partial charge in [-0.2, -0.15) is 5.26 Å². The molecule has 0 aromatic carbocycles. The van der Waals surface area contributed by atoms with E-state index in [2.05, 4.69) is 6.07 Å². The molecule has 62 valence electrons. The summed E-state index contributed by atoms with van der Waals surface area (Å²) in [6.45, 7) is 2.12. The van der Waals surface area contributed by atoms with Gasteiger partial charge in [0.1, 0.15) is 0 Å². The van der Waals surface area contributed by atoms with Crippen LogP contribution in [0.3, 0.4) is 0 Å². The lowest BCUT2D eigenvalue weighted by Gasteiger charge is -2.22. The molecule has 0 aromatic rings. The molecule has 0 amide bonds. The molecule has 1 aliphatic rings. The summed E-state index contributed by atoms with van der Waals surface area (Å²) in [7, 11) is 0. The Morgan fingerprint density at radius 2 is 2.36 bits per heavy atom. The van der Waals surface area contributed by atoms with Crippen LogP contribution >= 0.6 is 0 Å². The Morgan fingerprint density at radius 1 is 1.45 bits per heavy atom. The molecular formula is C8H13NO2. The van der Waals surface area contributed by atoms with Crippen LogP contribution in [0.25, 0.3) is 0 Å². The molecular weight excluding hydrogens is 142 g/mol. The van der Waals surface area contributed by atoms with Crippen molar-refractivity contribution in [1.82, 2.24) is 0 Å². The second-order valence-corrected chi connectivity index (χ2v) is 2.62. The molecule has 0 radical (unpaired) electrons. The van der Waals surface area contributed by atoms with Crippen LogP contribution in [0.5, 0.6) is 0 Å². The second kappa shape index (κ2) is 5.11. The van der Waals surface area contributed by atoms with Crippen molar-refractivity contribution in [3.8, 4) is 6.07 Å². The highest BCUT2D eigenvalue weighted by Crippen LogP contribution is 2.08. The molecule has 0 aromatic heterocycles. The number of hydrogen-bond donors (Lipinski definition) is 0. The van der Waals surface area contributed by atoms with Crippen molar-refractivity contribution in [3.05, 3.63) is 0 Å². The maximum atomic E-state index is 8.27. The Bertz CT molecular complexity index is 136. The summed E-state index contributed by atoms with van der Waals surface area (Å²) >= 11 is 0. The maximum Gasteiger partial charge on any atom is 0.0810 e. The number of ether oxygens (including phenoxy) is 2. The summed E-state index contributed by atoms with van der Waals surface area (Å²) in [6.07, 6.45) is 2.73. The molecule has 0 spiro atoms. The van der Waals surface area contributed by atoms with E-state index in [-0.39, 0.29) is 6.10 Å². The Balaban J connectivity index is 2.01. The predicted molar refractivity (Wildman–Crippen MR) is 40.0 cm³/mol. The molecule has 0 N–H and O–H groups in total. The van der Waals surface area contributed by atoms with Crippen molar-refractivity contribution in [2.75, 3.05) is 19.8 Å². The van der Waals surface area contributed by atoms with E-state index in [4.69, 9.17) is 14.7 Å². The zero-order valence-corrected chi connectivity index (χ0v) is 6.58. The lowest BCUT2D eigenvalue weighted by Crippen LogP contribution is -2.28. The third kappa shape index (κ3) is 3.35. The van der Waals surface area contributed by atoms with Crippen molar-refractivity contribution in [3.63, 3.8) is 0 Å². The first kappa shape index (κ1) is 8.51. The number of hydrogen-bond acceptors (Lipinski definition) is 3. The number of nitrogens with zero attached hydrogens (tertiary/aromatic N) is 1. The van der Waals surface area contributed by atoms with Crippen molar-refractivity contribution in [2.24, 2.45) is 0 Å². The number of rotatable bonds is 3. The van der Waals surface area contributed by atoms with Crippen LogP contribution in [-0.4, -0.2) is 25.9 Å². The SMILES string of the molecule is N#CCCCC1COCCO1. The lowest BCUT2D eigenvalue weighted by molar-refractivity contribution is -0.0909. The van der Waals surface area contributed by atoms with E-state index in [9.17, 15) is 0 Å². The summed E-state index contributed by atoms with van der Waals surface area (Å²) in [6, 6.07) is 2.11. The van der Waals surface area contributed by atoms with Crippen molar-refractivity contribution in [1.29, 1.82) is 5.26 Å². The molecule has 1 fully saturated rings. The van der Waals surface area contributed by atoms with Crippen LogP contribution in [0, 0.1) is 11.3 Å². The van der Waals surface area contributed by atoms with Gasteiger partial charge < -0.3 is 9.47 Å². The molecule has 1 saturated heterocycles. The fraction of sp³-hybridized carbons (Fsp3) is 0.875. The van der Waals surface area contributed by atoms with E-state index in [0.717, 1.165) is 19.4 Å². The monoisotopic (exact) mass is 155 g/mol. The third-order valence-electron chi connectivity index (χ3n) is 1.70. The lowest BCUT2D eigenvalue weighted by atomic mass is 10.1. The molecule has 0 bridgehead atoms. The van der Waals surface area contributed by atoms with E-state index < -0.39 is 0 Å². The van der Waals surface area contributed by atoms with Gasteiger partial charge in [0.05, 0.1) is 32.0 Å². The molecule has 3 nitrogen and oxygen atoms in total. The smallest absolute Gasteiger partial charge is 0.0810 e. The van der Waals surface area contributed by atoms with Gasteiger partial charge in [-0.15, -0.1) is 0 Å². The van der Waals surface area contributed by atoms with Gasteiger partial charge in [-0.1, -0.05) is 0 Å². The van der Waals surface area contributed by atoms with E-state index in [1.165, 1.54) is 0 Å². The highest BCUT2D eigenvalue weighted by atomic mass is 16.6. The minimum Gasteiger partial charge on any atom is -0.376 e. The topological polar surface area (TPSA) is 42.2 Å². The van der Waals surface area contributed by atoms with Gasteiger partial charge in [-0.3, -0.25) is 0 Å². The number of unbranched alkanes of at least 4 members (excludes halogenated alkanes) is 1. The highest BCUT2D eigenvalue weighted by Gasteiger charge is 2.12. The van der Waals surface area contributed by atoms with E-state index in [1.807, 2.05) is 0 Å². The van der Waals surface area contributed by atoms with Crippen LogP contribution in [0.2, 0.25) is 0 Å². The molecule has 1 heterocycles. The molecule has 0 saturated carbocycles. The predicted octanol–water partition coefficient (Wildman–Crippen LogP) is 1.10. The minimum absolute atomic E-state index is 0.233. The van der Waals surface area contributed by atoms with Crippen LogP contribution < -0.4 is 0 Å². The first-order valence-corrected chi connectivity index (χ1v) is 4.00. The minimum atomic E-state index is 0.233. The van der Waals surface area contributed by atoms with E-state index in [0.29, 0.717) is 19.6 Å². The standard InChI is InChI=1S/C8H13NO2/c9-4-2-1-3-8-7-10-5-6-11-8/h8H,1-3,5-7H2. The van der Waals surface area contributed by atoms with E-state index >= 15 is 0 Å². The van der Waals surface area contributed by atoms with Gasteiger partial charge in [0.2, 0.25) is 0 Å². The van der Waals surface area contributed by atoms with Crippen LogP contribution in [0.15, 0.2) is 0 Å². The highest BCUT2D eigenvalue weighted by molar-refractivity contribution is 4.70. The fourth-order valence-corrected chi connectivity index (χ4v) is 1.11. The Labute approximate surface area is 66.9 Å². The van der Waals surface area contributed by atoms with Crippen LogP contribution in [0.1, 0.15) is 19.3 Å². The summed E-state index contributed by atoms with van der Waals surface area (Å²) in [5.74, 6) is 0. The molecule has 0 aliphatic carbocycles. The average molecular weight is 155 g/mol. The van der Waals surface area contributed by atoms with Crippen LogP contribution in [0.4, 0.5) is 0 Å². The number of nitriles is 1. The molecule has 1 atom stereocenters. The normalized spacial score (nSPS) is 24.5. The second-order valence-electron chi connectivity index (χ2n) is 2.62. The Kier molecular flexibility index (Phi) is 3.95. The van der Waals surface area contributed by atoms with Gasteiger partial charge in [-0.05, 0) is 12.8 Å². The zero-order valence-electron chi connectivity index (χ0n) is 6.58. The molecule has 11 heavy (non-hydrogen) atoms. The average Bonchev–Trinajstić information content (AvgIpc) is 2.07. The Hall–Kier alpha value is -0.590. The summed E-state index contributed by atoms with van der Waals surface area (Å²) in [4.78, 5) is 0. The van der Waals surface area contributed by atoms with Crippen LogP contribution in [-0.2, 0) is 9.47 Å². The van der Waals surface area contributed by atoms with Crippen molar-refractivity contribution >= 4 is 0 Å². The largest absolute Gasteiger partial charge is 0.376 e. The summed E-state index contributed by atoms with van der Waals surface area (Å²) in [5, 5.41) is 8.27. The fourth-order valence-electron chi connectivity index (χ4n) is 1.11. The first-order valence-electron chi connectivity index (χ1n) is 4.00. The maximum absolute atomic E-state index is 8.27. The van der Waals surface area contributed by atoms with Gasteiger partial charge in [-0.25, -0.2) is 0 Å². The van der Waals surface area contributed by atoms with Gasteiger partial charge in [0, 0.05) is 6.42 Å². The Morgan fingerprint density at radius 3 is 3.00 bits per heavy atom. The van der Waals surface area contributed by atoms with Gasteiger partial charge >= 0.3 is 0 Å². The van der Waals surface area contributed by atoms with Gasteiger partial charge in [0.25, 0.3) is 0 Å². The zero-order chi connectivity index (χ0) is 7.94. The first-order chi connectivity index (χ1) is 5.43.